The molecule has 0 saturated carbocycles. The van der Waals surface area contributed by atoms with E-state index in [1.165, 1.54) is 4.68 Å². The Bertz CT molecular complexity index is 1540. The smallest absolute Gasteiger partial charge is 0.282 e. The van der Waals surface area contributed by atoms with Gasteiger partial charge in [-0.15, -0.1) is 0 Å². The van der Waals surface area contributed by atoms with Crippen LogP contribution in [0.1, 0.15) is 19.4 Å². The first kappa shape index (κ1) is 20.6. The van der Waals surface area contributed by atoms with Crippen LogP contribution in [-0.4, -0.2) is 22.0 Å². The molecule has 0 fully saturated rings. The van der Waals surface area contributed by atoms with Crippen molar-refractivity contribution in [3.05, 3.63) is 107 Å². The molecular weight excluding hydrogens is 410 g/mol. The summed E-state index contributed by atoms with van der Waals surface area (Å²) in [6.07, 6.45) is 1.70. The second kappa shape index (κ2) is 8.71. The van der Waals surface area contributed by atoms with Gasteiger partial charge in [0.05, 0.1) is 23.2 Å². The maximum atomic E-state index is 13.4. The lowest BCUT2D eigenvalue weighted by Crippen LogP contribution is -2.20. The average Bonchev–Trinajstić information content (AvgIpc) is 2.84. The highest BCUT2D eigenvalue weighted by Crippen LogP contribution is 2.28. The first-order chi connectivity index (χ1) is 16.1. The van der Waals surface area contributed by atoms with Crippen LogP contribution in [0.25, 0.3) is 33.1 Å². The fourth-order valence-corrected chi connectivity index (χ4v) is 3.89. The van der Waals surface area contributed by atoms with Crippen LogP contribution in [0.3, 0.4) is 0 Å². The topological polar surface area (TPSA) is 56.5 Å². The average molecular weight is 434 g/mol. The lowest BCUT2D eigenvalue weighted by molar-refractivity contribution is 0.242. The molecule has 162 valence electrons. The van der Waals surface area contributed by atoms with Gasteiger partial charge in [0, 0.05) is 11.1 Å². The molecule has 0 spiro atoms. The summed E-state index contributed by atoms with van der Waals surface area (Å²) >= 11 is 0. The van der Waals surface area contributed by atoms with Gasteiger partial charge < -0.3 is 4.74 Å². The summed E-state index contributed by atoms with van der Waals surface area (Å²) in [7, 11) is 0. The molecule has 0 aliphatic rings. The number of hydrogen-bond acceptors (Lipinski definition) is 4. The first-order valence-electron chi connectivity index (χ1n) is 10.9. The third kappa shape index (κ3) is 4.01. The molecule has 0 saturated heterocycles. The number of rotatable bonds is 5. The molecule has 0 unspecified atom stereocenters. The van der Waals surface area contributed by atoms with Crippen LogP contribution in [0.5, 0.6) is 5.75 Å². The van der Waals surface area contributed by atoms with Crippen molar-refractivity contribution >= 4 is 27.9 Å². The first-order valence-corrected chi connectivity index (χ1v) is 10.9. The largest absolute Gasteiger partial charge is 0.490 e. The van der Waals surface area contributed by atoms with E-state index in [-0.39, 0.29) is 11.7 Å². The second-order valence-electron chi connectivity index (χ2n) is 8.05. The predicted octanol–water partition coefficient (Wildman–Crippen LogP) is 5.89. The molecule has 5 rings (SSSR count). The predicted molar refractivity (Wildman–Crippen MR) is 134 cm³/mol. The molecule has 0 N–H and O–H groups in total. The van der Waals surface area contributed by atoms with Gasteiger partial charge in [0.2, 0.25) is 0 Å². The Balaban J connectivity index is 1.75. The van der Waals surface area contributed by atoms with Gasteiger partial charge in [-0.3, -0.25) is 4.79 Å². The summed E-state index contributed by atoms with van der Waals surface area (Å²) in [5.41, 5.74) is 2.05. The van der Waals surface area contributed by atoms with Gasteiger partial charge in [0.15, 0.2) is 5.82 Å². The zero-order valence-electron chi connectivity index (χ0n) is 18.5. The van der Waals surface area contributed by atoms with Gasteiger partial charge in [0.25, 0.3) is 5.56 Å². The Morgan fingerprint density at radius 3 is 2.33 bits per heavy atom. The minimum Gasteiger partial charge on any atom is -0.490 e. The number of aromatic nitrogens is 2. The van der Waals surface area contributed by atoms with Crippen LogP contribution in [0.2, 0.25) is 0 Å². The fourth-order valence-electron chi connectivity index (χ4n) is 3.89. The van der Waals surface area contributed by atoms with E-state index >= 15 is 0 Å². The second-order valence-corrected chi connectivity index (χ2v) is 8.05. The van der Waals surface area contributed by atoms with E-state index in [9.17, 15) is 4.79 Å². The van der Waals surface area contributed by atoms with Crippen LogP contribution in [0, 0.1) is 0 Å². The number of benzene rings is 4. The minimum atomic E-state index is -0.220. The minimum absolute atomic E-state index is 0.00301. The Kier molecular flexibility index (Phi) is 5.45. The van der Waals surface area contributed by atoms with E-state index < -0.39 is 0 Å². The van der Waals surface area contributed by atoms with Gasteiger partial charge >= 0.3 is 0 Å². The molecule has 5 heteroatoms. The molecule has 5 nitrogen and oxygen atoms in total. The van der Waals surface area contributed by atoms with Crippen molar-refractivity contribution in [3.8, 4) is 17.1 Å². The molecule has 5 aromatic rings. The molecule has 0 aliphatic carbocycles. The number of fused-ring (bicyclic) bond motifs is 2. The van der Waals surface area contributed by atoms with Crippen LogP contribution in [0.15, 0.2) is 101 Å². The van der Waals surface area contributed by atoms with Crippen LogP contribution in [0.4, 0.5) is 0 Å². The molecular formula is C28H23N3O2. The van der Waals surface area contributed by atoms with Crippen molar-refractivity contribution in [2.45, 2.75) is 20.0 Å². The molecule has 1 heterocycles. The number of para-hydroxylation sites is 1. The van der Waals surface area contributed by atoms with Crippen molar-refractivity contribution in [2.24, 2.45) is 5.10 Å². The zero-order valence-corrected chi connectivity index (χ0v) is 18.5. The molecule has 0 amide bonds. The van der Waals surface area contributed by atoms with Gasteiger partial charge in [-0.05, 0) is 42.8 Å². The van der Waals surface area contributed by atoms with Crippen molar-refractivity contribution in [1.29, 1.82) is 0 Å². The molecule has 0 atom stereocenters. The highest BCUT2D eigenvalue weighted by atomic mass is 16.5. The third-order valence-electron chi connectivity index (χ3n) is 5.38. The van der Waals surface area contributed by atoms with E-state index in [4.69, 9.17) is 9.72 Å². The Labute approximate surface area is 191 Å². The molecule has 4 aromatic carbocycles. The van der Waals surface area contributed by atoms with E-state index in [1.54, 1.807) is 12.3 Å². The molecule has 0 bridgehead atoms. The van der Waals surface area contributed by atoms with Crippen LogP contribution < -0.4 is 10.3 Å². The maximum Gasteiger partial charge on any atom is 0.282 e. The van der Waals surface area contributed by atoms with Crippen molar-refractivity contribution in [2.75, 3.05) is 0 Å². The molecule has 0 radical (unpaired) electrons. The van der Waals surface area contributed by atoms with Crippen LogP contribution >= 0.6 is 0 Å². The standard InChI is InChI=1S/C28H23N3O2/c1-19(2)33-26-17-16-20-10-6-7-13-22(20)24(26)18-29-31-27(21-11-4-3-5-12-21)30-25-15-9-8-14-23(25)28(31)32/h3-19H,1-2H3. The van der Waals surface area contributed by atoms with Gasteiger partial charge in [-0.2, -0.15) is 9.78 Å². The highest BCUT2D eigenvalue weighted by Gasteiger charge is 2.13. The lowest BCUT2D eigenvalue weighted by atomic mass is 10.0. The monoisotopic (exact) mass is 433 g/mol. The molecule has 1 aromatic heterocycles. The van der Waals surface area contributed by atoms with E-state index in [0.717, 1.165) is 27.6 Å². The van der Waals surface area contributed by atoms with Crippen LogP contribution in [-0.2, 0) is 0 Å². The third-order valence-corrected chi connectivity index (χ3v) is 5.38. The molecule has 0 aliphatic heterocycles. The quantitative estimate of drug-likeness (QED) is 0.325. The Morgan fingerprint density at radius 2 is 1.55 bits per heavy atom. The summed E-state index contributed by atoms with van der Waals surface area (Å²) in [5.74, 6) is 1.21. The summed E-state index contributed by atoms with van der Waals surface area (Å²) in [4.78, 5) is 18.2. The summed E-state index contributed by atoms with van der Waals surface area (Å²) < 4.78 is 7.44. The van der Waals surface area contributed by atoms with Gasteiger partial charge in [-0.1, -0.05) is 72.8 Å². The molecule has 33 heavy (non-hydrogen) atoms. The number of nitrogens with zero attached hydrogens (tertiary/aromatic N) is 3. The van der Waals surface area contributed by atoms with Crippen molar-refractivity contribution in [1.82, 2.24) is 9.66 Å². The highest BCUT2D eigenvalue weighted by molar-refractivity contribution is 6.02. The summed E-state index contributed by atoms with van der Waals surface area (Å²) in [6, 6.07) is 29.0. The Hall–Kier alpha value is -4.25. The Morgan fingerprint density at radius 1 is 0.848 bits per heavy atom. The normalized spacial score (nSPS) is 11.6. The number of ether oxygens (including phenoxy) is 1. The van der Waals surface area contributed by atoms with Gasteiger partial charge in [0.1, 0.15) is 5.75 Å². The number of hydrogen-bond donors (Lipinski definition) is 0. The van der Waals surface area contributed by atoms with E-state index in [1.807, 2.05) is 98.8 Å². The van der Waals surface area contributed by atoms with Crippen molar-refractivity contribution < 1.29 is 4.74 Å². The lowest BCUT2D eigenvalue weighted by Gasteiger charge is -2.14. The van der Waals surface area contributed by atoms with E-state index in [2.05, 4.69) is 5.10 Å². The van der Waals surface area contributed by atoms with Gasteiger partial charge in [-0.25, -0.2) is 4.98 Å². The maximum absolute atomic E-state index is 13.4. The SMILES string of the molecule is CC(C)Oc1ccc2ccccc2c1C=Nn1c(-c2ccccc2)nc2ccccc2c1=O. The fraction of sp³-hybridized carbons (Fsp3) is 0.107. The van der Waals surface area contributed by atoms with E-state index in [0.29, 0.717) is 16.7 Å². The van der Waals surface area contributed by atoms with Crippen molar-refractivity contribution in [3.63, 3.8) is 0 Å². The summed E-state index contributed by atoms with van der Waals surface area (Å²) in [6.45, 7) is 3.97. The summed E-state index contributed by atoms with van der Waals surface area (Å²) in [5, 5.41) is 7.25. The zero-order chi connectivity index (χ0) is 22.8.